The Labute approximate surface area is 148 Å². The first-order valence-corrected chi connectivity index (χ1v) is 9.06. The molecule has 0 spiro atoms. The number of nitrogens with one attached hydrogen (secondary N) is 2. The molecule has 0 radical (unpaired) electrons. The number of nitrogens with zero attached hydrogens (tertiary/aromatic N) is 2. The van der Waals surface area contributed by atoms with E-state index in [4.69, 9.17) is 0 Å². The van der Waals surface area contributed by atoms with Crippen LogP contribution >= 0.6 is 0 Å². The molecule has 2 N–H and O–H groups in total. The monoisotopic (exact) mass is 342 g/mol. The highest BCUT2D eigenvalue weighted by atomic mass is 16.2. The molecule has 1 fully saturated rings. The lowest BCUT2D eigenvalue weighted by Crippen LogP contribution is -2.51. The first-order valence-electron chi connectivity index (χ1n) is 9.06. The van der Waals surface area contributed by atoms with Crippen LogP contribution in [0, 0.1) is 0 Å². The predicted molar refractivity (Wildman–Crippen MR) is 98.6 cm³/mol. The van der Waals surface area contributed by atoms with Crippen molar-refractivity contribution in [3.63, 3.8) is 0 Å². The molecule has 2 aliphatic rings. The van der Waals surface area contributed by atoms with Crippen LogP contribution in [-0.2, 0) is 9.59 Å². The van der Waals surface area contributed by atoms with Crippen LogP contribution in [0.2, 0.25) is 0 Å². The second-order valence-corrected chi connectivity index (χ2v) is 7.03. The van der Waals surface area contributed by atoms with E-state index in [0.717, 1.165) is 31.6 Å². The van der Waals surface area contributed by atoms with E-state index in [1.807, 2.05) is 24.3 Å². The van der Waals surface area contributed by atoms with Crippen molar-refractivity contribution >= 4 is 23.5 Å². The summed E-state index contributed by atoms with van der Waals surface area (Å²) in [5, 5.41) is 5.69. The van der Waals surface area contributed by atoms with E-state index in [9.17, 15) is 9.59 Å². The maximum atomic E-state index is 12.5. The van der Waals surface area contributed by atoms with Gasteiger partial charge < -0.3 is 10.2 Å². The van der Waals surface area contributed by atoms with E-state index in [-0.39, 0.29) is 18.2 Å². The molecule has 1 atom stereocenters. The fourth-order valence-electron chi connectivity index (χ4n) is 3.17. The van der Waals surface area contributed by atoms with Crippen LogP contribution < -0.4 is 10.6 Å². The Bertz CT molecular complexity index is 661. The Morgan fingerprint density at radius 3 is 2.52 bits per heavy atom. The summed E-state index contributed by atoms with van der Waals surface area (Å²) in [5.41, 5.74) is 1.95. The van der Waals surface area contributed by atoms with E-state index in [1.54, 1.807) is 0 Å². The zero-order valence-electron chi connectivity index (χ0n) is 14.9. The van der Waals surface area contributed by atoms with Crippen molar-refractivity contribution in [3.8, 4) is 0 Å². The number of amides is 2. The van der Waals surface area contributed by atoms with Gasteiger partial charge in [-0.05, 0) is 42.9 Å². The molecule has 1 aromatic rings. The quantitative estimate of drug-likeness (QED) is 0.886. The number of carbonyl (C=O) groups is 2. The molecule has 2 amide bonds. The Kier molecular flexibility index (Phi) is 5.36. The van der Waals surface area contributed by atoms with Crippen molar-refractivity contribution in [1.82, 2.24) is 10.2 Å². The summed E-state index contributed by atoms with van der Waals surface area (Å²) >= 11 is 0. The van der Waals surface area contributed by atoms with Crippen molar-refractivity contribution in [2.75, 3.05) is 18.4 Å². The molecule has 2 heterocycles. The minimum absolute atomic E-state index is 0.0905. The molecule has 1 saturated heterocycles. The third-order valence-electron chi connectivity index (χ3n) is 4.71. The third kappa shape index (κ3) is 4.38. The molecule has 1 unspecified atom stereocenters. The van der Waals surface area contributed by atoms with Gasteiger partial charge in [0.25, 0.3) is 0 Å². The maximum absolute atomic E-state index is 12.5. The van der Waals surface area contributed by atoms with Crippen LogP contribution in [0.3, 0.4) is 0 Å². The Hall–Kier alpha value is -2.37. The molecule has 6 nitrogen and oxygen atoms in total. The molecule has 0 bridgehead atoms. The fourth-order valence-corrected chi connectivity index (χ4v) is 3.17. The largest absolute Gasteiger partial charge is 0.343 e. The molecule has 6 heteroatoms. The first-order chi connectivity index (χ1) is 12.0. The number of rotatable bonds is 3. The topological polar surface area (TPSA) is 73.8 Å². The maximum Gasteiger partial charge on any atom is 0.249 e. The minimum Gasteiger partial charge on any atom is -0.343 e. The van der Waals surface area contributed by atoms with Gasteiger partial charge in [-0.25, -0.2) is 4.99 Å². The van der Waals surface area contributed by atoms with Gasteiger partial charge in [0.05, 0.1) is 6.42 Å². The molecule has 1 aromatic carbocycles. The van der Waals surface area contributed by atoms with Crippen LogP contribution in [0.25, 0.3) is 0 Å². The summed E-state index contributed by atoms with van der Waals surface area (Å²) in [6.07, 6.45) is 3.48. The highest BCUT2D eigenvalue weighted by molar-refractivity contribution is 6.05. The summed E-state index contributed by atoms with van der Waals surface area (Å²) in [6.45, 7) is 6.02. The lowest BCUT2D eigenvalue weighted by molar-refractivity contribution is -0.125. The van der Waals surface area contributed by atoms with E-state index in [1.165, 1.54) is 12.0 Å². The first kappa shape index (κ1) is 17.5. The number of hydrogen-bond donors (Lipinski definition) is 2. The van der Waals surface area contributed by atoms with Gasteiger partial charge in [-0.1, -0.05) is 26.0 Å². The van der Waals surface area contributed by atoms with Crippen molar-refractivity contribution in [2.24, 2.45) is 4.99 Å². The number of guanidine groups is 1. The Morgan fingerprint density at radius 1 is 1.20 bits per heavy atom. The molecule has 0 saturated carbocycles. The van der Waals surface area contributed by atoms with Gasteiger partial charge in [0.15, 0.2) is 0 Å². The average molecular weight is 342 g/mol. The van der Waals surface area contributed by atoms with Crippen LogP contribution in [0.15, 0.2) is 29.3 Å². The lowest BCUT2D eigenvalue weighted by Gasteiger charge is -2.32. The highest BCUT2D eigenvalue weighted by Crippen LogP contribution is 2.18. The SMILES string of the molecule is CC(C)c1ccc(NC(=O)C2CC(=O)NC(N3CCCCC3)=N2)cc1. The van der Waals surface area contributed by atoms with Crippen LogP contribution in [0.5, 0.6) is 0 Å². The van der Waals surface area contributed by atoms with Crippen molar-refractivity contribution < 1.29 is 9.59 Å². The molecule has 3 rings (SSSR count). The summed E-state index contributed by atoms with van der Waals surface area (Å²) < 4.78 is 0. The molecular weight excluding hydrogens is 316 g/mol. The van der Waals surface area contributed by atoms with Crippen molar-refractivity contribution in [1.29, 1.82) is 0 Å². The molecular formula is C19H26N4O2. The van der Waals surface area contributed by atoms with E-state index >= 15 is 0 Å². The number of aliphatic imine (C=N–C) groups is 1. The molecule has 134 valence electrons. The zero-order valence-corrected chi connectivity index (χ0v) is 14.9. The van der Waals surface area contributed by atoms with E-state index in [2.05, 4.69) is 34.4 Å². The Morgan fingerprint density at radius 2 is 1.88 bits per heavy atom. The molecule has 0 aromatic heterocycles. The van der Waals surface area contributed by atoms with Gasteiger partial charge in [0.2, 0.25) is 17.8 Å². The highest BCUT2D eigenvalue weighted by Gasteiger charge is 2.29. The Balaban J connectivity index is 1.68. The standard InChI is InChI=1S/C19H26N4O2/c1-13(2)14-6-8-15(9-7-14)20-18(25)16-12-17(24)22-19(21-16)23-10-4-3-5-11-23/h6-9,13,16H,3-5,10-12H2,1-2H3,(H,20,25)(H,21,22,24). The molecule has 25 heavy (non-hydrogen) atoms. The van der Waals surface area contributed by atoms with Crippen LogP contribution in [0.4, 0.5) is 5.69 Å². The lowest BCUT2D eigenvalue weighted by atomic mass is 10.0. The molecule has 2 aliphatic heterocycles. The smallest absolute Gasteiger partial charge is 0.249 e. The van der Waals surface area contributed by atoms with E-state index in [0.29, 0.717) is 11.9 Å². The number of likely N-dealkylation sites (tertiary alicyclic amines) is 1. The van der Waals surface area contributed by atoms with Gasteiger partial charge in [-0.3, -0.25) is 14.9 Å². The van der Waals surface area contributed by atoms with Gasteiger partial charge in [0, 0.05) is 18.8 Å². The summed E-state index contributed by atoms with van der Waals surface area (Å²) in [6, 6.07) is 7.14. The number of benzene rings is 1. The second kappa shape index (κ2) is 7.68. The summed E-state index contributed by atoms with van der Waals surface area (Å²) in [7, 11) is 0. The summed E-state index contributed by atoms with van der Waals surface area (Å²) in [4.78, 5) is 31.1. The van der Waals surface area contributed by atoms with Gasteiger partial charge in [0.1, 0.15) is 6.04 Å². The second-order valence-electron chi connectivity index (χ2n) is 7.03. The third-order valence-corrected chi connectivity index (χ3v) is 4.71. The van der Waals surface area contributed by atoms with E-state index < -0.39 is 6.04 Å². The van der Waals surface area contributed by atoms with Crippen LogP contribution in [-0.4, -0.2) is 41.8 Å². The van der Waals surface area contributed by atoms with Gasteiger partial charge in [-0.2, -0.15) is 0 Å². The predicted octanol–water partition coefficient (Wildman–Crippen LogP) is 2.48. The number of hydrogen-bond acceptors (Lipinski definition) is 4. The fraction of sp³-hybridized carbons (Fsp3) is 0.526. The minimum atomic E-state index is -0.671. The van der Waals surface area contributed by atoms with Crippen molar-refractivity contribution in [3.05, 3.63) is 29.8 Å². The average Bonchev–Trinajstić information content (AvgIpc) is 2.62. The van der Waals surface area contributed by atoms with Crippen LogP contribution in [0.1, 0.15) is 51.0 Å². The number of carbonyl (C=O) groups excluding carboxylic acids is 2. The number of anilines is 1. The number of piperidine rings is 1. The molecule has 0 aliphatic carbocycles. The van der Waals surface area contributed by atoms with Gasteiger partial charge in [-0.15, -0.1) is 0 Å². The van der Waals surface area contributed by atoms with Crippen molar-refractivity contribution in [2.45, 2.75) is 51.5 Å². The zero-order chi connectivity index (χ0) is 17.8. The normalized spacial score (nSPS) is 20.9. The summed E-state index contributed by atoms with van der Waals surface area (Å²) in [5.74, 6) is 0.613. The van der Waals surface area contributed by atoms with Gasteiger partial charge >= 0.3 is 0 Å².